The third kappa shape index (κ3) is 4.66. The Morgan fingerprint density at radius 3 is 2.57 bits per heavy atom. The van der Waals surface area contributed by atoms with Crippen LogP contribution >= 0.6 is 12.4 Å². The van der Waals surface area contributed by atoms with Crippen LogP contribution in [0.5, 0.6) is 0 Å². The number of halogens is 4. The topological polar surface area (TPSA) is 32.3 Å². The van der Waals surface area contributed by atoms with Crippen LogP contribution in [0.4, 0.5) is 13.2 Å². The second-order valence-electron chi connectivity index (χ2n) is 2.92. The van der Waals surface area contributed by atoms with Crippen LogP contribution in [0, 0.1) is 0 Å². The molecule has 0 saturated carbocycles. The molecular formula is C7H12ClF3N2O. The Hall–Kier alpha value is -0.490. The number of nitrogens with one attached hydrogen (secondary N) is 1. The average Bonchev–Trinajstić information content (AvgIpc) is 2.01. The van der Waals surface area contributed by atoms with E-state index in [1.165, 1.54) is 4.90 Å². The van der Waals surface area contributed by atoms with Crippen molar-refractivity contribution in [3.63, 3.8) is 0 Å². The normalized spacial score (nSPS) is 17.9. The van der Waals surface area contributed by atoms with E-state index in [0.29, 0.717) is 13.1 Å². The molecule has 3 nitrogen and oxygen atoms in total. The number of hydrogen-bond acceptors (Lipinski definition) is 2. The third-order valence-electron chi connectivity index (χ3n) is 1.85. The molecule has 7 heteroatoms. The Morgan fingerprint density at radius 2 is 2.07 bits per heavy atom. The SMILES string of the molecule is Cl.O=C1CNCCN1CCC(F)(F)F. The van der Waals surface area contributed by atoms with Gasteiger partial charge in [-0.05, 0) is 0 Å². The van der Waals surface area contributed by atoms with Crippen LogP contribution in [0.15, 0.2) is 0 Å². The number of carbonyl (C=O) groups excluding carboxylic acids is 1. The van der Waals surface area contributed by atoms with E-state index in [1.807, 2.05) is 0 Å². The molecule has 0 aromatic heterocycles. The number of alkyl halides is 3. The van der Waals surface area contributed by atoms with Crippen molar-refractivity contribution in [2.75, 3.05) is 26.2 Å². The fraction of sp³-hybridized carbons (Fsp3) is 0.857. The minimum absolute atomic E-state index is 0. The zero-order chi connectivity index (χ0) is 9.90. The quantitative estimate of drug-likeness (QED) is 0.764. The van der Waals surface area contributed by atoms with E-state index in [2.05, 4.69) is 5.32 Å². The highest BCUT2D eigenvalue weighted by Crippen LogP contribution is 2.19. The summed E-state index contributed by atoms with van der Waals surface area (Å²) < 4.78 is 35.4. The Morgan fingerprint density at radius 1 is 1.43 bits per heavy atom. The highest BCUT2D eigenvalue weighted by molar-refractivity contribution is 5.85. The molecule has 0 unspecified atom stereocenters. The van der Waals surface area contributed by atoms with E-state index >= 15 is 0 Å². The van der Waals surface area contributed by atoms with Crippen molar-refractivity contribution in [1.82, 2.24) is 10.2 Å². The fourth-order valence-electron chi connectivity index (χ4n) is 1.14. The molecule has 0 spiro atoms. The maximum absolute atomic E-state index is 11.8. The number of rotatable bonds is 2. The van der Waals surface area contributed by atoms with Gasteiger partial charge in [0.1, 0.15) is 0 Å². The van der Waals surface area contributed by atoms with Gasteiger partial charge < -0.3 is 10.2 Å². The molecule has 1 fully saturated rings. The van der Waals surface area contributed by atoms with Crippen molar-refractivity contribution >= 4 is 18.3 Å². The lowest BCUT2D eigenvalue weighted by Gasteiger charge is -2.27. The maximum atomic E-state index is 11.8. The van der Waals surface area contributed by atoms with Crippen molar-refractivity contribution in [3.8, 4) is 0 Å². The Labute approximate surface area is 86.0 Å². The summed E-state index contributed by atoms with van der Waals surface area (Å²) in [5.74, 6) is -0.254. The Bertz CT molecular complexity index is 198. The largest absolute Gasteiger partial charge is 0.390 e. The molecule has 14 heavy (non-hydrogen) atoms. The highest BCUT2D eigenvalue weighted by atomic mass is 35.5. The van der Waals surface area contributed by atoms with Crippen LogP contribution in [-0.4, -0.2) is 43.2 Å². The molecule has 1 aliphatic heterocycles. The summed E-state index contributed by atoms with van der Waals surface area (Å²) in [4.78, 5) is 12.2. The molecule has 1 aliphatic rings. The minimum atomic E-state index is -4.18. The summed E-state index contributed by atoms with van der Waals surface area (Å²) in [6.07, 6.45) is -5.09. The number of amides is 1. The lowest BCUT2D eigenvalue weighted by molar-refractivity contribution is -0.146. The second-order valence-corrected chi connectivity index (χ2v) is 2.92. The van der Waals surface area contributed by atoms with Gasteiger partial charge in [-0.1, -0.05) is 0 Å². The first-order chi connectivity index (χ1) is 5.99. The van der Waals surface area contributed by atoms with E-state index in [0.717, 1.165) is 0 Å². The molecule has 1 N–H and O–H groups in total. The van der Waals surface area contributed by atoms with Crippen LogP contribution in [0.25, 0.3) is 0 Å². The predicted molar refractivity (Wildman–Crippen MR) is 47.4 cm³/mol. The van der Waals surface area contributed by atoms with Gasteiger partial charge in [0.2, 0.25) is 5.91 Å². The van der Waals surface area contributed by atoms with Crippen LogP contribution in [0.3, 0.4) is 0 Å². The van der Waals surface area contributed by atoms with Crippen molar-refractivity contribution in [2.24, 2.45) is 0 Å². The third-order valence-corrected chi connectivity index (χ3v) is 1.85. The summed E-state index contributed by atoms with van der Waals surface area (Å²) in [6, 6.07) is 0. The van der Waals surface area contributed by atoms with E-state index in [9.17, 15) is 18.0 Å². The van der Waals surface area contributed by atoms with Crippen LogP contribution in [0.2, 0.25) is 0 Å². The molecule has 0 atom stereocenters. The minimum Gasteiger partial charge on any atom is -0.340 e. The van der Waals surface area contributed by atoms with Gasteiger partial charge in [0.25, 0.3) is 0 Å². The van der Waals surface area contributed by atoms with Gasteiger partial charge in [0, 0.05) is 19.6 Å². The molecule has 1 rings (SSSR count). The second kappa shape index (κ2) is 5.41. The maximum Gasteiger partial charge on any atom is 0.390 e. The van der Waals surface area contributed by atoms with E-state index in [-0.39, 0.29) is 31.4 Å². The lowest BCUT2D eigenvalue weighted by atomic mass is 10.3. The Balaban J connectivity index is 0.00000169. The van der Waals surface area contributed by atoms with Crippen molar-refractivity contribution in [1.29, 1.82) is 0 Å². The van der Waals surface area contributed by atoms with Crippen molar-refractivity contribution < 1.29 is 18.0 Å². The van der Waals surface area contributed by atoms with Gasteiger partial charge >= 0.3 is 6.18 Å². The summed E-state index contributed by atoms with van der Waals surface area (Å²) in [5.41, 5.74) is 0. The number of piperazine rings is 1. The van der Waals surface area contributed by atoms with Crippen LogP contribution in [-0.2, 0) is 4.79 Å². The molecule has 1 amide bonds. The molecule has 0 aromatic carbocycles. The molecular weight excluding hydrogens is 221 g/mol. The van der Waals surface area contributed by atoms with Crippen molar-refractivity contribution in [3.05, 3.63) is 0 Å². The standard InChI is InChI=1S/C7H11F3N2O.ClH/c8-7(9,10)1-3-12-4-2-11-5-6(12)13;/h11H,1-5H2;1H. The molecule has 1 saturated heterocycles. The van der Waals surface area contributed by atoms with E-state index < -0.39 is 12.6 Å². The lowest BCUT2D eigenvalue weighted by Crippen LogP contribution is -2.48. The summed E-state index contributed by atoms with van der Waals surface area (Å²) in [6.45, 7) is 0.875. The van der Waals surface area contributed by atoms with Gasteiger partial charge in [-0.15, -0.1) is 12.4 Å². The summed E-state index contributed by atoms with van der Waals surface area (Å²) >= 11 is 0. The van der Waals surface area contributed by atoms with Crippen LogP contribution < -0.4 is 5.32 Å². The first-order valence-electron chi connectivity index (χ1n) is 4.04. The first kappa shape index (κ1) is 13.5. The number of hydrogen-bond donors (Lipinski definition) is 1. The van der Waals surface area contributed by atoms with Crippen LogP contribution in [0.1, 0.15) is 6.42 Å². The van der Waals surface area contributed by atoms with Gasteiger partial charge in [-0.25, -0.2) is 0 Å². The zero-order valence-electron chi connectivity index (χ0n) is 7.43. The molecule has 0 aliphatic carbocycles. The van der Waals surface area contributed by atoms with E-state index in [1.54, 1.807) is 0 Å². The van der Waals surface area contributed by atoms with Gasteiger partial charge in [-0.3, -0.25) is 4.79 Å². The molecule has 84 valence electrons. The fourth-order valence-corrected chi connectivity index (χ4v) is 1.14. The van der Waals surface area contributed by atoms with Gasteiger partial charge in [0.05, 0.1) is 13.0 Å². The average molecular weight is 233 g/mol. The summed E-state index contributed by atoms with van der Waals surface area (Å²) in [7, 11) is 0. The predicted octanol–water partition coefficient (Wildman–Crippen LogP) is 0.792. The molecule has 1 heterocycles. The summed E-state index contributed by atoms with van der Waals surface area (Å²) in [5, 5.41) is 2.79. The highest BCUT2D eigenvalue weighted by Gasteiger charge is 2.29. The molecule has 0 radical (unpaired) electrons. The smallest absolute Gasteiger partial charge is 0.340 e. The van der Waals surface area contributed by atoms with Gasteiger partial charge in [-0.2, -0.15) is 13.2 Å². The molecule has 0 bridgehead atoms. The number of nitrogens with zero attached hydrogens (tertiary/aromatic N) is 1. The van der Waals surface area contributed by atoms with Gasteiger partial charge in [0.15, 0.2) is 0 Å². The number of carbonyl (C=O) groups is 1. The molecule has 0 aromatic rings. The van der Waals surface area contributed by atoms with E-state index in [4.69, 9.17) is 0 Å². The first-order valence-corrected chi connectivity index (χ1v) is 4.04. The zero-order valence-corrected chi connectivity index (χ0v) is 8.25. The Kier molecular flexibility index (Phi) is 5.22. The van der Waals surface area contributed by atoms with Crippen molar-refractivity contribution in [2.45, 2.75) is 12.6 Å². The monoisotopic (exact) mass is 232 g/mol.